The molecule has 5 nitrogen and oxygen atoms in total. The van der Waals surface area contributed by atoms with Crippen LogP contribution >= 0.6 is 0 Å². The van der Waals surface area contributed by atoms with E-state index >= 15 is 0 Å². The van der Waals surface area contributed by atoms with Gasteiger partial charge in [-0.1, -0.05) is 13.8 Å². The molecule has 5 heteroatoms. The predicted octanol–water partition coefficient (Wildman–Crippen LogP) is 0.440. The number of aryl methyl sites for hydroxylation is 1. The van der Waals surface area contributed by atoms with Crippen molar-refractivity contribution in [3.8, 4) is 0 Å². The van der Waals surface area contributed by atoms with E-state index in [1.807, 2.05) is 0 Å². The van der Waals surface area contributed by atoms with Crippen molar-refractivity contribution >= 4 is 5.91 Å². The zero-order valence-electron chi connectivity index (χ0n) is 8.60. The zero-order chi connectivity index (χ0) is 10.4. The molecule has 1 heterocycles. The van der Waals surface area contributed by atoms with Crippen molar-refractivity contribution in [2.24, 2.45) is 5.92 Å². The van der Waals surface area contributed by atoms with Gasteiger partial charge in [-0.2, -0.15) is 5.10 Å². The van der Waals surface area contributed by atoms with Gasteiger partial charge in [0, 0.05) is 13.0 Å². The molecular formula is C9H16N4O. The maximum atomic E-state index is 11.3. The average molecular weight is 196 g/mol. The van der Waals surface area contributed by atoms with Gasteiger partial charge >= 0.3 is 0 Å². The van der Waals surface area contributed by atoms with Gasteiger partial charge in [0.25, 0.3) is 0 Å². The Morgan fingerprint density at radius 2 is 2.36 bits per heavy atom. The first kappa shape index (κ1) is 10.7. The summed E-state index contributed by atoms with van der Waals surface area (Å²) in [5.41, 5.74) is 0. The second-order valence-corrected chi connectivity index (χ2v) is 3.61. The van der Waals surface area contributed by atoms with Crippen LogP contribution in [-0.4, -0.2) is 27.2 Å². The zero-order valence-corrected chi connectivity index (χ0v) is 8.60. The van der Waals surface area contributed by atoms with Crippen LogP contribution in [0.4, 0.5) is 0 Å². The number of carbonyl (C=O) groups excluding carboxylic acids is 1. The SMILES string of the molecule is CC(C)CNC(=O)CCn1cncn1. The highest BCUT2D eigenvalue weighted by atomic mass is 16.1. The third-order valence-electron chi connectivity index (χ3n) is 1.74. The molecular weight excluding hydrogens is 180 g/mol. The lowest BCUT2D eigenvalue weighted by Crippen LogP contribution is -2.28. The smallest absolute Gasteiger partial charge is 0.221 e. The number of rotatable bonds is 5. The summed E-state index contributed by atoms with van der Waals surface area (Å²) in [4.78, 5) is 15.1. The van der Waals surface area contributed by atoms with Crippen molar-refractivity contribution in [1.82, 2.24) is 20.1 Å². The van der Waals surface area contributed by atoms with E-state index in [4.69, 9.17) is 0 Å². The van der Waals surface area contributed by atoms with E-state index < -0.39 is 0 Å². The average Bonchev–Trinajstić information content (AvgIpc) is 2.63. The summed E-state index contributed by atoms with van der Waals surface area (Å²) in [6.45, 7) is 5.45. The number of carbonyl (C=O) groups is 1. The van der Waals surface area contributed by atoms with E-state index in [1.165, 1.54) is 6.33 Å². The third kappa shape index (κ3) is 4.02. The first-order valence-electron chi connectivity index (χ1n) is 4.77. The molecule has 0 saturated heterocycles. The molecule has 0 aliphatic carbocycles. The quantitative estimate of drug-likeness (QED) is 0.743. The van der Waals surface area contributed by atoms with Crippen molar-refractivity contribution in [1.29, 1.82) is 0 Å². The molecule has 0 radical (unpaired) electrons. The Balaban J connectivity index is 2.15. The minimum absolute atomic E-state index is 0.0641. The van der Waals surface area contributed by atoms with E-state index in [0.717, 1.165) is 6.54 Å². The topological polar surface area (TPSA) is 59.8 Å². The number of hydrogen-bond donors (Lipinski definition) is 1. The molecule has 0 spiro atoms. The van der Waals surface area contributed by atoms with Gasteiger partial charge in [0.1, 0.15) is 12.7 Å². The standard InChI is InChI=1S/C9H16N4O/c1-8(2)5-11-9(14)3-4-13-7-10-6-12-13/h6-8H,3-5H2,1-2H3,(H,11,14). The number of nitrogens with zero attached hydrogens (tertiary/aromatic N) is 3. The Morgan fingerprint density at radius 3 is 2.93 bits per heavy atom. The van der Waals surface area contributed by atoms with Crippen LogP contribution in [0.25, 0.3) is 0 Å². The van der Waals surface area contributed by atoms with Crippen LogP contribution in [0.5, 0.6) is 0 Å². The van der Waals surface area contributed by atoms with Gasteiger partial charge in [-0.05, 0) is 5.92 Å². The maximum absolute atomic E-state index is 11.3. The minimum atomic E-state index is 0.0641. The molecule has 0 atom stereocenters. The molecule has 0 aromatic carbocycles. The van der Waals surface area contributed by atoms with Crippen LogP contribution in [0, 0.1) is 5.92 Å². The Morgan fingerprint density at radius 1 is 1.57 bits per heavy atom. The number of hydrogen-bond acceptors (Lipinski definition) is 3. The molecule has 0 saturated carbocycles. The normalized spacial score (nSPS) is 10.5. The first-order chi connectivity index (χ1) is 6.68. The lowest BCUT2D eigenvalue weighted by molar-refractivity contribution is -0.121. The number of aromatic nitrogens is 3. The van der Waals surface area contributed by atoms with Crippen LogP contribution in [0.15, 0.2) is 12.7 Å². The molecule has 0 fully saturated rings. The summed E-state index contributed by atoms with van der Waals surface area (Å²) in [6, 6.07) is 0. The van der Waals surface area contributed by atoms with Crippen LogP contribution in [0.1, 0.15) is 20.3 Å². The van der Waals surface area contributed by atoms with E-state index in [2.05, 4.69) is 29.2 Å². The van der Waals surface area contributed by atoms with Crippen LogP contribution in [0.2, 0.25) is 0 Å². The molecule has 1 aromatic rings. The van der Waals surface area contributed by atoms with Gasteiger partial charge in [-0.3, -0.25) is 9.48 Å². The second-order valence-electron chi connectivity index (χ2n) is 3.61. The van der Waals surface area contributed by atoms with Crippen molar-refractivity contribution in [2.75, 3.05) is 6.54 Å². The molecule has 1 rings (SSSR count). The molecule has 0 bridgehead atoms. The van der Waals surface area contributed by atoms with Gasteiger partial charge in [0.15, 0.2) is 0 Å². The highest BCUT2D eigenvalue weighted by Gasteiger charge is 2.02. The molecule has 1 N–H and O–H groups in total. The predicted molar refractivity (Wildman–Crippen MR) is 52.5 cm³/mol. The largest absolute Gasteiger partial charge is 0.356 e. The highest BCUT2D eigenvalue weighted by molar-refractivity contribution is 5.75. The number of amides is 1. The molecule has 1 amide bonds. The van der Waals surface area contributed by atoms with Gasteiger partial charge in [0.2, 0.25) is 5.91 Å². The summed E-state index contributed by atoms with van der Waals surface area (Å²) in [5.74, 6) is 0.555. The first-order valence-corrected chi connectivity index (χ1v) is 4.77. The van der Waals surface area contributed by atoms with E-state index in [1.54, 1.807) is 11.0 Å². The molecule has 0 unspecified atom stereocenters. The summed E-state index contributed by atoms with van der Waals surface area (Å²) in [6.07, 6.45) is 3.53. The van der Waals surface area contributed by atoms with E-state index in [9.17, 15) is 4.79 Å². The lowest BCUT2D eigenvalue weighted by atomic mass is 10.2. The molecule has 14 heavy (non-hydrogen) atoms. The van der Waals surface area contributed by atoms with Crippen molar-refractivity contribution in [3.63, 3.8) is 0 Å². The fourth-order valence-electron chi connectivity index (χ4n) is 0.971. The Kier molecular flexibility index (Phi) is 4.10. The van der Waals surface area contributed by atoms with Crippen LogP contribution < -0.4 is 5.32 Å². The minimum Gasteiger partial charge on any atom is -0.356 e. The van der Waals surface area contributed by atoms with Crippen molar-refractivity contribution in [2.45, 2.75) is 26.8 Å². The Hall–Kier alpha value is -1.39. The Bertz CT molecular complexity index is 268. The summed E-state index contributed by atoms with van der Waals surface area (Å²) >= 11 is 0. The van der Waals surface area contributed by atoms with Gasteiger partial charge in [-0.15, -0.1) is 0 Å². The molecule has 1 aromatic heterocycles. The number of nitrogens with one attached hydrogen (secondary N) is 1. The third-order valence-corrected chi connectivity index (χ3v) is 1.74. The lowest BCUT2D eigenvalue weighted by Gasteiger charge is -2.06. The molecule has 0 aliphatic rings. The van der Waals surface area contributed by atoms with E-state index in [-0.39, 0.29) is 5.91 Å². The maximum Gasteiger partial charge on any atom is 0.221 e. The van der Waals surface area contributed by atoms with Crippen molar-refractivity contribution < 1.29 is 4.79 Å². The molecule has 78 valence electrons. The summed E-state index contributed by atoms with van der Waals surface area (Å²) in [7, 11) is 0. The monoisotopic (exact) mass is 196 g/mol. The Labute approximate surface area is 83.5 Å². The van der Waals surface area contributed by atoms with Gasteiger partial charge in [-0.25, -0.2) is 4.98 Å². The highest BCUT2D eigenvalue weighted by Crippen LogP contribution is 1.90. The second kappa shape index (κ2) is 5.36. The van der Waals surface area contributed by atoms with Crippen LogP contribution in [-0.2, 0) is 11.3 Å². The van der Waals surface area contributed by atoms with Crippen LogP contribution in [0.3, 0.4) is 0 Å². The fraction of sp³-hybridized carbons (Fsp3) is 0.667. The molecule has 0 aliphatic heterocycles. The summed E-state index contributed by atoms with van der Waals surface area (Å²) in [5, 5.41) is 6.75. The fourth-order valence-corrected chi connectivity index (χ4v) is 0.971. The van der Waals surface area contributed by atoms with Gasteiger partial charge < -0.3 is 5.32 Å². The summed E-state index contributed by atoms with van der Waals surface area (Å²) < 4.78 is 1.65. The van der Waals surface area contributed by atoms with E-state index in [0.29, 0.717) is 18.9 Å². The van der Waals surface area contributed by atoms with Gasteiger partial charge in [0.05, 0.1) is 6.54 Å². The van der Waals surface area contributed by atoms with Crippen molar-refractivity contribution in [3.05, 3.63) is 12.7 Å².